The van der Waals surface area contributed by atoms with E-state index in [4.69, 9.17) is 5.73 Å². The molecule has 2 N–H and O–H groups in total. The highest BCUT2D eigenvalue weighted by Crippen LogP contribution is 2.27. The van der Waals surface area contributed by atoms with Gasteiger partial charge in [0.2, 0.25) is 0 Å². The first-order chi connectivity index (χ1) is 6.57. The first-order valence-corrected chi connectivity index (χ1v) is 4.16. The number of hydrogen-bond acceptors (Lipinski definition) is 3. The molecular weight excluding hydrogens is 182 g/mol. The second kappa shape index (κ2) is 4.06. The van der Waals surface area contributed by atoms with Gasteiger partial charge in [-0.25, -0.2) is 5.32 Å². The zero-order valence-corrected chi connectivity index (χ0v) is 8.15. The van der Waals surface area contributed by atoms with E-state index in [1.807, 2.05) is 6.92 Å². The lowest BCUT2D eigenvalue weighted by molar-refractivity contribution is -0.384. The standard InChI is InChI=1S/C9H12N3O2/c1-6-3-4-8(12(13)14)9(10)7(6)5-11-2/h3-4H,5,10H2,1-2H3. The zero-order valence-electron chi connectivity index (χ0n) is 8.15. The lowest BCUT2D eigenvalue weighted by Gasteiger charge is -2.07. The predicted octanol–water partition coefficient (Wildman–Crippen LogP) is 1.22. The summed E-state index contributed by atoms with van der Waals surface area (Å²) in [6.07, 6.45) is 0. The fraction of sp³-hybridized carbons (Fsp3) is 0.333. The van der Waals surface area contributed by atoms with Crippen LogP contribution in [0.3, 0.4) is 0 Å². The van der Waals surface area contributed by atoms with Crippen molar-refractivity contribution in [2.45, 2.75) is 13.5 Å². The molecule has 1 aromatic rings. The SMILES string of the molecule is C[N]Cc1c(C)ccc([N+](=O)[O-])c1N. The van der Waals surface area contributed by atoms with Crippen LogP contribution in [0.15, 0.2) is 12.1 Å². The monoisotopic (exact) mass is 194 g/mol. The number of benzene rings is 1. The number of nitrogens with two attached hydrogens (primary N) is 1. The molecule has 0 spiro atoms. The number of nitro benzene ring substituents is 1. The molecule has 75 valence electrons. The van der Waals surface area contributed by atoms with E-state index in [1.165, 1.54) is 6.07 Å². The van der Waals surface area contributed by atoms with Gasteiger partial charge in [-0.05, 0) is 12.5 Å². The maximum atomic E-state index is 10.6. The Morgan fingerprint density at radius 2 is 2.21 bits per heavy atom. The Labute approximate surface area is 82.1 Å². The minimum atomic E-state index is -0.478. The van der Waals surface area contributed by atoms with Gasteiger partial charge in [-0.3, -0.25) is 10.1 Å². The molecule has 0 heterocycles. The molecule has 5 heteroatoms. The summed E-state index contributed by atoms with van der Waals surface area (Å²) >= 11 is 0. The lowest BCUT2D eigenvalue weighted by Crippen LogP contribution is -2.06. The topological polar surface area (TPSA) is 83.3 Å². The van der Waals surface area contributed by atoms with E-state index in [9.17, 15) is 10.1 Å². The zero-order chi connectivity index (χ0) is 10.7. The van der Waals surface area contributed by atoms with Crippen LogP contribution in [0.1, 0.15) is 11.1 Å². The van der Waals surface area contributed by atoms with Crippen LogP contribution in [0, 0.1) is 17.0 Å². The Hall–Kier alpha value is -1.62. The Kier molecular flexibility index (Phi) is 3.03. The normalized spacial score (nSPS) is 10.1. The first kappa shape index (κ1) is 10.5. The van der Waals surface area contributed by atoms with Crippen molar-refractivity contribution in [2.24, 2.45) is 0 Å². The Bertz CT molecular complexity index is 363. The van der Waals surface area contributed by atoms with Crippen LogP contribution < -0.4 is 11.1 Å². The van der Waals surface area contributed by atoms with Gasteiger partial charge in [-0.15, -0.1) is 0 Å². The molecule has 0 aliphatic carbocycles. The van der Waals surface area contributed by atoms with Crippen molar-refractivity contribution < 1.29 is 4.92 Å². The van der Waals surface area contributed by atoms with E-state index in [2.05, 4.69) is 5.32 Å². The molecule has 0 aromatic heterocycles. The summed E-state index contributed by atoms with van der Waals surface area (Å²) < 4.78 is 0. The van der Waals surface area contributed by atoms with Crippen molar-refractivity contribution in [3.63, 3.8) is 0 Å². The van der Waals surface area contributed by atoms with Crippen LogP contribution in [-0.4, -0.2) is 12.0 Å². The molecule has 0 aliphatic rings. The molecule has 0 aliphatic heterocycles. The fourth-order valence-corrected chi connectivity index (χ4v) is 1.29. The summed E-state index contributed by atoms with van der Waals surface area (Å²) in [6.45, 7) is 2.28. The Morgan fingerprint density at radius 3 is 2.71 bits per heavy atom. The van der Waals surface area contributed by atoms with Gasteiger partial charge in [0.25, 0.3) is 5.69 Å². The van der Waals surface area contributed by atoms with Crippen LogP contribution in [0.2, 0.25) is 0 Å². The van der Waals surface area contributed by atoms with Crippen molar-refractivity contribution in [2.75, 3.05) is 12.8 Å². The lowest BCUT2D eigenvalue weighted by atomic mass is 10.1. The van der Waals surface area contributed by atoms with Gasteiger partial charge in [0.05, 0.1) is 4.92 Å². The van der Waals surface area contributed by atoms with Gasteiger partial charge in [0.15, 0.2) is 0 Å². The number of nitrogen functional groups attached to an aromatic ring is 1. The molecular formula is C9H12N3O2. The van der Waals surface area contributed by atoms with Crippen molar-refractivity contribution in [1.29, 1.82) is 0 Å². The third-order valence-electron chi connectivity index (χ3n) is 2.08. The van der Waals surface area contributed by atoms with Crippen LogP contribution >= 0.6 is 0 Å². The van der Waals surface area contributed by atoms with Gasteiger partial charge in [0.1, 0.15) is 5.69 Å². The highest BCUT2D eigenvalue weighted by Gasteiger charge is 2.15. The number of nitro groups is 1. The fourth-order valence-electron chi connectivity index (χ4n) is 1.29. The van der Waals surface area contributed by atoms with Crippen molar-refractivity contribution in [3.05, 3.63) is 33.4 Å². The molecule has 1 rings (SSSR count). The van der Waals surface area contributed by atoms with E-state index >= 15 is 0 Å². The number of aryl methyl sites for hydroxylation is 1. The molecule has 0 saturated carbocycles. The van der Waals surface area contributed by atoms with Crippen LogP contribution in [0.4, 0.5) is 11.4 Å². The molecule has 0 bridgehead atoms. The average molecular weight is 194 g/mol. The maximum absolute atomic E-state index is 10.6. The summed E-state index contributed by atoms with van der Waals surface area (Å²) in [6, 6.07) is 3.11. The van der Waals surface area contributed by atoms with E-state index in [-0.39, 0.29) is 11.4 Å². The van der Waals surface area contributed by atoms with Crippen molar-refractivity contribution >= 4 is 11.4 Å². The molecule has 14 heavy (non-hydrogen) atoms. The predicted molar refractivity (Wildman–Crippen MR) is 54.0 cm³/mol. The number of rotatable bonds is 3. The third kappa shape index (κ3) is 1.82. The largest absolute Gasteiger partial charge is 0.393 e. The molecule has 5 nitrogen and oxygen atoms in total. The smallest absolute Gasteiger partial charge is 0.292 e. The average Bonchev–Trinajstić information content (AvgIpc) is 2.11. The molecule has 1 radical (unpaired) electrons. The number of anilines is 1. The third-order valence-corrected chi connectivity index (χ3v) is 2.08. The van der Waals surface area contributed by atoms with Gasteiger partial charge >= 0.3 is 0 Å². The molecule has 0 saturated heterocycles. The minimum Gasteiger partial charge on any atom is -0.393 e. The van der Waals surface area contributed by atoms with E-state index in [0.717, 1.165) is 11.1 Å². The van der Waals surface area contributed by atoms with E-state index in [1.54, 1.807) is 13.1 Å². The van der Waals surface area contributed by atoms with Crippen molar-refractivity contribution in [1.82, 2.24) is 5.32 Å². The number of hydrogen-bond donors (Lipinski definition) is 1. The van der Waals surface area contributed by atoms with Crippen LogP contribution in [-0.2, 0) is 6.54 Å². The quantitative estimate of drug-likeness (QED) is 0.446. The Balaban J connectivity index is 3.26. The first-order valence-electron chi connectivity index (χ1n) is 4.16. The van der Waals surface area contributed by atoms with Crippen molar-refractivity contribution in [3.8, 4) is 0 Å². The highest BCUT2D eigenvalue weighted by atomic mass is 16.6. The summed E-state index contributed by atoms with van der Waals surface area (Å²) in [5.41, 5.74) is 7.51. The van der Waals surface area contributed by atoms with Gasteiger partial charge in [0, 0.05) is 25.2 Å². The van der Waals surface area contributed by atoms with Crippen LogP contribution in [0.5, 0.6) is 0 Å². The van der Waals surface area contributed by atoms with Crippen LogP contribution in [0.25, 0.3) is 0 Å². The summed E-state index contributed by atoms with van der Waals surface area (Å²) in [5.74, 6) is 0. The molecule has 1 aromatic carbocycles. The molecule has 0 amide bonds. The number of nitrogens with zero attached hydrogens (tertiary/aromatic N) is 2. The highest BCUT2D eigenvalue weighted by molar-refractivity contribution is 5.65. The molecule has 0 fully saturated rings. The van der Waals surface area contributed by atoms with E-state index < -0.39 is 4.92 Å². The molecule has 0 atom stereocenters. The second-order valence-corrected chi connectivity index (χ2v) is 3.03. The summed E-state index contributed by atoms with van der Waals surface area (Å²) in [4.78, 5) is 10.1. The molecule has 0 unspecified atom stereocenters. The summed E-state index contributed by atoms with van der Waals surface area (Å²) in [7, 11) is 1.65. The maximum Gasteiger partial charge on any atom is 0.292 e. The summed E-state index contributed by atoms with van der Waals surface area (Å²) in [5, 5.41) is 14.5. The van der Waals surface area contributed by atoms with Gasteiger partial charge in [-0.1, -0.05) is 6.07 Å². The van der Waals surface area contributed by atoms with Gasteiger partial charge in [-0.2, -0.15) is 0 Å². The Morgan fingerprint density at radius 1 is 1.57 bits per heavy atom. The second-order valence-electron chi connectivity index (χ2n) is 3.03. The van der Waals surface area contributed by atoms with Gasteiger partial charge < -0.3 is 5.73 Å². The van der Waals surface area contributed by atoms with E-state index in [0.29, 0.717) is 6.54 Å². The minimum absolute atomic E-state index is 0.0470.